The van der Waals surface area contributed by atoms with E-state index in [2.05, 4.69) is 15.5 Å². The van der Waals surface area contributed by atoms with Crippen LogP contribution in [-0.4, -0.2) is 16.0 Å². The lowest BCUT2D eigenvalue weighted by Crippen LogP contribution is -2.23. The SMILES string of the molecule is Cc1ccc(C(=O)NCc2nc(-c3ccccc3)no2)c(C)c1. The first-order valence-electron chi connectivity index (χ1n) is 7.37. The third kappa shape index (κ3) is 3.45. The van der Waals surface area contributed by atoms with Gasteiger partial charge in [-0.05, 0) is 25.5 Å². The van der Waals surface area contributed by atoms with Crippen LogP contribution in [0.5, 0.6) is 0 Å². The van der Waals surface area contributed by atoms with Crippen molar-refractivity contribution in [3.63, 3.8) is 0 Å². The molecule has 0 bridgehead atoms. The summed E-state index contributed by atoms with van der Waals surface area (Å²) in [5.74, 6) is 0.741. The Bertz CT molecular complexity index is 825. The molecule has 116 valence electrons. The predicted octanol–water partition coefficient (Wildman–Crippen LogP) is 3.28. The van der Waals surface area contributed by atoms with Crippen molar-refractivity contribution in [2.75, 3.05) is 0 Å². The molecule has 0 radical (unpaired) electrons. The monoisotopic (exact) mass is 307 g/mol. The molecule has 1 heterocycles. The summed E-state index contributed by atoms with van der Waals surface area (Å²) < 4.78 is 5.18. The Hall–Kier alpha value is -2.95. The first-order valence-corrected chi connectivity index (χ1v) is 7.37. The Kier molecular flexibility index (Phi) is 4.19. The molecule has 23 heavy (non-hydrogen) atoms. The first kappa shape index (κ1) is 15.0. The van der Waals surface area contributed by atoms with Gasteiger partial charge in [-0.2, -0.15) is 4.98 Å². The minimum atomic E-state index is -0.151. The molecular weight excluding hydrogens is 290 g/mol. The summed E-state index contributed by atoms with van der Waals surface area (Å²) in [5.41, 5.74) is 3.60. The van der Waals surface area contributed by atoms with Crippen molar-refractivity contribution in [2.24, 2.45) is 0 Å². The summed E-state index contributed by atoms with van der Waals surface area (Å²) in [7, 11) is 0. The van der Waals surface area contributed by atoms with Crippen molar-refractivity contribution in [1.29, 1.82) is 0 Å². The van der Waals surface area contributed by atoms with E-state index in [1.54, 1.807) is 0 Å². The maximum absolute atomic E-state index is 12.2. The molecule has 0 fully saturated rings. The molecule has 2 aromatic carbocycles. The number of hydrogen-bond donors (Lipinski definition) is 1. The zero-order valence-corrected chi connectivity index (χ0v) is 13.0. The summed E-state index contributed by atoms with van der Waals surface area (Å²) >= 11 is 0. The second-order valence-electron chi connectivity index (χ2n) is 5.38. The second-order valence-corrected chi connectivity index (χ2v) is 5.38. The molecule has 0 saturated carbocycles. The Morgan fingerprint density at radius 1 is 1.13 bits per heavy atom. The lowest BCUT2D eigenvalue weighted by atomic mass is 10.1. The van der Waals surface area contributed by atoms with E-state index in [0.29, 0.717) is 17.3 Å². The highest BCUT2D eigenvalue weighted by atomic mass is 16.5. The van der Waals surface area contributed by atoms with Gasteiger partial charge in [0.25, 0.3) is 5.91 Å². The fraction of sp³-hybridized carbons (Fsp3) is 0.167. The van der Waals surface area contributed by atoms with Gasteiger partial charge in [0.1, 0.15) is 0 Å². The standard InChI is InChI=1S/C18H17N3O2/c1-12-8-9-15(13(2)10-12)18(22)19-11-16-20-17(21-23-16)14-6-4-3-5-7-14/h3-10H,11H2,1-2H3,(H,19,22). The number of rotatable bonds is 4. The Morgan fingerprint density at radius 2 is 1.91 bits per heavy atom. The average molecular weight is 307 g/mol. The van der Waals surface area contributed by atoms with Crippen molar-refractivity contribution in [2.45, 2.75) is 20.4 Å². The van der Waals surface area contributed by atoms with Crippen LogP contribution in [0.1, 0.15) is 27.4 Å². The molecule has 5 heteroatoms. The number of nitrogens with zero attached hydrogens (tertiary/aromatic N) is 2. The molecule has 0 aliphatic carbocycles. The lowest BCUT2D eigenvalue weighted by molar-refractivity contribution is 0.0945. The van der Waals surface area contributed by atoms with Gasteiger partial charge in [-0.1, -0.05) is 53.2 Å². The topological polar surface area (TPSA) is 68.0 Å². The van der Waals surface area contributed by atoms with E-state index < -0.39 is 0 Å². The van der Waals surface area contributed by atoms with Gasteiger partial charge in [0.2, 0.25) is 11.7 Å². The van der Waals surface area contributed by atoms with E-state index in [-0.39, 0.29) is 12.5 Å². The molecule has 0 saturated heterocycles. The highest BCUT2D eigenvalue weighted by Gasteiger charge is 2.12. The van der Waals surface area contributed by atoms with E-state index in [4.69, 9.17) is 4.52 Å². The number of hydrogen-bond acceptors (Lipinski definition) is 4. The maximum Gasteiger partial charge on any atom is 0.251 e. The molecule has 5 nitrogen and oxygen atoms in total. The highest BCUT2D eigenvalue weighted by Crippen LogP contribution is 2.15. The van der Waals surface area contributed by atoms with Gasteiger partial charge in [0.15, 0.2) is 0 Å². The number of carbonyl (C=O) groups is 1. The number of amides is 1. The van der Waals surface area contributed by atoms with Crippen molar-refractivity contribution >= 4 is 5.91 Å². The van der Waals surface area contributed by atoms with Gasteiger partial charge in [0, 0.05) is 11.1 Å². The fourth-order valence-electron chi connectivity index (χ4n) is 2.35. The second kappa shape index (κ2) is 6.44. The third-order valence-electron chi connectivity index (χ3n) is 3.53. The number of aryl methyl sites for hydroxylation is 2. The average Bonchev–Trinajstić information content (AvgIpc) is 3.02. The Morgan fingerprint density at radius 3 is 2.65 bits per heavy atom. The van der Waals surface area contributed by atoms with E-state index in [1.807, 2.05) is 62.4 Å². The third-order valence-corrected chi connectivity index (χ3v) is 3.53. The molecule has 3 aromatic rings. The number of aromatic nitrogens is 2. The Balaban J connectivity index is 1.67. The minimum Gasteiger partial charge on any atom is -0.343 e. The van der Waals surface area contributed by atoms with Gasteiger partial charge in [-0.3, -0.25) is 4.79 Å². The summed E-state index contributed by atoms with van der Waals surface area (Å²) in [6.07, 6.45) is 0. The summed E-state index contributed by atoms with van der Waals surface area (Å²) in [5, 5.41) is 6.73. The molecule has 1 N–H and O–H groups in total. The minimum absolute atomic E-state index is 0.151. The number of benzene rings is 2. The van der Waals surface area contributed by atoms with E-state index in [0.717, 1.165) is 16.7 Å². The molecule has 0 aliphatic heterocycles. The van der Waals surface area contributed by atoms with E-state index in [9.17, 15) is 4.79 Å². The molecule has 0 aliphatic rings. The maximum atomic E-state index is 12.2. The highest BCUT2D eigenvalue weighted by molar-refractivity contribution is 5.95. The van der Waals surface area contributed by atoms with Crippen LogP contribution in [0, 0.1) is 13.8 Å². The van der Waals surface area contributed by atoms with Crippen LogP contribution in [0.15, 0.2) is 53.1 Å². The zero-order chi connectivity index (χ0) is 16.2. The Labute approximate surface area is 134 Å². The van der Waals surface area contributed by atoms with Crippen molar-refractivity contribution in [1.82, 2.24) is 15.5 Å². The molecule has 1 aromatic heterocycles. The van der Waals surface area contributed by atoms with Crippen LogP contribution in [0.3, 0.4) is 0 Å². The van der Waals surface area contributed by atoms with Crippen LogP contribution >= 0.6 is 0 Å². The van der Waals surface area contributed by atoms with Gasteiger partial charge < -0.3 is 9.84 Å². The summed E-state index contributed by atoms with van der Waals surface area (Å²) in [6.45, 7) is 4.12. The normalized spacial score (nSPS) is 10.5. The zero-order valence-electron chi connectivity index (χ0n) is 13.0. The van der Waals surface area contributed by atoms with Crippen molar-refractivity contribution in [3.05, 3.63) is 71.1 Å². The largest absolute Gasteiger partial charge is 0.343 e. The van der Waals surface area contributed by atoms with Crippen LogP contribution in [0.25, 0.3) is 11.4 Å². The van der Waals surface area contributed by atoms with E-state index in [1.165, 1.54) is 0 Å². The molecular formula is C18H17N3O2. The first-order chi connectivity index (χ1) is 11.1. The van der Waals surface area contributed by atoms with Crippen molar-refractivity contribution < 1.29 is 9.32 Å². The van der Waals surface area contributed by atoms with Gasteiger partial charge in [-0.15, -0.1) is 0 Å². The van der Waals surface area contributed by atoms with E-state index >= 15 is 0 Å². The fourth-order valence-corrected chi connectivity index (χ4v) is 2.35. The molecule has 0 unspecified atom stereocenters. The molecule has 0 atom stereocenters. The van der Waals surface area contributed by atoms with Crippen LogP contribution in [-0.2, 0) is 6.54 Å². The van der Waals surface area contributed by atoms with Gasteiger partial charge in [-0.25, -0.2) is 0 Å². The van der Waals surface area contributed by atoms with Crippen LogP contribution < -0.4 is 5.32 Å². The number of nitrogens with one attached hydrogen (secondary N) is 1. The van der Waals surface area contributed by atoms with Gasteiger partial charge >= 0.3 is 0 Å². The number of carbonyl (C=O) groups excluding carboxylic acids is 1. The summed E-state index contributed by atoms with van der Waals surface area (Å²) in [4.78, 5) is 16.5. The quantitative estimate of drug-likeness (QED) is 0.803. The summed E-state index contributed by atoms with van der Waals surface area (Å²) in [6, 6.07) is 15.3. The van der Waals surface area contributed by atoms with Gasteiger partial charge in [0.05, 0.1) is 6.54 Å². The smallest absolute Gasteiger partial charge is 0.251 e. The van der Waals surface area contributed by atoms with Crippen LogP contribution in [0.4, 0.5) is 0 Å². The van der Waals surface area contributed by atoms with Crippen LogP contribution in [0.2, 0.25) is 0 Å². The van der Waals surface area contributed by atoms with Crippen molar-refractivity contribution in [3.8, 4) is 11.4 Å². The lowest BCUT2D eigenvalue weighted by Gasteiger charge is -2.06. The molecule has 0 spiro atoms. The molecule has 3 rings (SSSR count). The predicted molar refractivity (Wildman–Crippen MR) is 86.8 cm³/mol. The molecule has 1 amide bonds.